The highest BCUT2D eigenvalue weighted by molar-refractivity contribution is 6.16. The third kappa shape index (κ3) is 3.36. The van der Waals surface area contributed by atoms with E-state index in [1.54, 1.807) is 30.0 Å². The van der Waals surface area contributed by atoms with E-state index in [2.05, 4.69) is 0 Å². The SMILES string of the molecule is COC(=O)C1=C(C)N(C2CCCCC2)C(=O)/C1=C\c1ccc(F)cc1. The van der Waals surface area contributed by atoms with Crippen molar-refractivity contribution in [1.29, 1.82) is 0 Å². The van der Waals surface area contributed by atoms with Gasteiger partial charge in [0.05, 0.1) is 18.3 Å². The van der Waals surface area contributed by atoms with Gasteiger partial charge in [0, 0.05) is 11.7 Å². The fourth-order valence-corrected chi connectivity index (χ4v) is 3.70. The predicted octanol–water partition coefficient (Wildman–Crippen LogP) is 3.83. The summed E-state index contributed by atoms with van der Waals surface area (Å²) in [7, 11) is 1.31. The van der Waals surface area contributed by atoms with Crippen molar-refractivity contribution < 1.29 is 18.7 Å². The Labute approximate surface area is 147 Å². The first-order valence-corrected chi connectivity index (χ1v) is 8.63. The zero-order valence-corrected chi connectivity index (χ0v) is 14.5. The lowest BCUT2D eigenvalue weighted by Gasteiger charge is -2.32. The van der Waals surface area contributed by atoms with Crippen molar-refractivity contribution in [1.82, 2.24) is 4.90 Å². The van der Waals surface area contributed by atoms with E-state index in [0.717, 1.165) is 25.7 Å². The smallest absolute Gasteiger partial charge is 0.340 e. The first-order chi connectivity index (χ1) is 12.0. The maximum Gasteiger partial charge on any atom is 0.340 e. The number of carbonyl (C=O) groups is 2. The van der Waals surface area contributed by atoms with E-state index in [9.17, 15) is 14.0 Å². The van der Waals surface area contributed by atoms with Crippen LogP contribution < -0.4 is 0 Å². The van der Waals surface area contributed by atoms with Crippen LogP contribution in [0.15, 0.2) is 41.1 Å². The van der Waals surface area contributed by atoms with Crippen molar-refractivity contribution in [2.75, 3.05) is 7.11 Å². The van der Waals surface area contributed by atoms with Gasteiger partial charge in [-0.25, -0.2) is 9.18 Å². The summed E-state index contributed by atoms with van der Waals surface area (Å²) in [6, 6.07) is 5.96. The van der Waals surface area contributed by atoms with Crippen molar-refractivity contribution in [3.63, 3.8) is 0 Å². The lowest BCUT2D eigenvalue weighted by atomic mass is 9.94. The molecular weight excluding hydrogens is 321 g/mol. The molecule has 2 aliphatic rings. The molecule has 0 aromatic heterocycles. The summed E-state index contributed by atoms with van der Waals surface area (Å²) < 4.78 is 18.0. The van der Waals surface area contributed by atoms with E-state index in [4.69, 9.17) is 4.74 Å². The van der Waals surface area contributed by atoms with Crippen molar-refractivity contribution in [3.05, 3.63) is 52.5 Å². The van der Waals surface area contributed by atoms with Crippen LogP contribution >= 0.6 is 0 Å². The summed E-state index contributed by atoms with van der Waals surface area (Å²) in [5.41, 5.74) is 1.95. The van der Waals surface area contributed by atoms with Gasteiger partial charge >= 0.3 is 5.97 Å². The zero-order chi connectivity index (χ0) is 18.0. The highest BCUT2D eigenvalue weighted by Crippen LogP contribution is 2.36. The van der Waals surface area contributed by atoms with Gasteiger partial charge in [-0.15, -0.1) is 0 Å². The first-order valence-electron chi connectivity index (χ1n) is 8.63. The van der Waals surface area contributed by atoms with Gasteiger partial charge in [0.25, 0.3) is 5.91 Å². The fourth-order valence-electron chi connectivity index (χ4n) is 3.70. The third-order valence-electron chi connectivity index (χ3n) is 4.95. The fraction of sp³-hybridized carbons (Fsp3) is 0.400. The molecule has 0 radical (unpaired) electrons. The Balaban J connectivity index is 2.02. The number of hydrogen-bond donors (Lipinski definition) is 0. The van der Waals surface area contributed by atoms with E-state index >= 15 is 0 Å². The number of rotatable bonds is 3. The van der Waals surface area contributed by atoms with E-state index in [-0.39, 0.29) is 17.8 Å². The average molecular weight is 343 g/mol. The van der Waals surface area contributed by atoms with Gasteiger partial charge in [-0.2, -0.15) is 0 Å². The molecule has 3 rings (SSSR count). The Morgan fingerprint density at radius 1 is 1.20 bits per heavy atom. The molecule has 1 fully saturated rings. The van der Waals surface area contributed by atoms with Crippen LogP contribution in [0, 0.1) is 5.82 Å². The number of nitrogens with zero attached hydrogens (tertiary/aromatic N) is 1. The molecule has 1 amide bonds. The number of halogens is 1. The maximum absolute atomic E-state index is 13.1. The van der Waals surface area contributed by atoms with Crippen LogP contribution in [0.5, 0.6) is 0 Å². The van der Waals surface area contributed by atoms with Crippen LogP contribution in [-0.2, 0) is 14.3 Å². The number of amides is 1. The van der Waals surface area contributed by atoms with Gasteiger partial charge in [-0.05, 0) is 43.5 Å². The highest BCUT2D eigenvalue weighted by atomic mass is 19.1. The Bertz CT molecular complexity index is 743. The van der Waals surface area contributed by atoms with E-state index in [0.29, 0.717) is 22.4 Å². The number of ether oxygens (including phenoxy) is 1. The minimum atomic E-state index is -0.516. The van der Waals surface area contributed by atoms with Crippen molar-refractivity contribution >= 4 is 18.0 Å². The van der Waals surface area contributed by atoms with E-state index in [1.165, 1.54) is 25.7 Å². The largest absolute Gasteiger partial charge is 0.465 e. The van der Waals surface area contributed by atoms with Gasteiger partial charge < -0.3 is 9.64 Å². The number of methoxy groups -OCH3 is 1. The van der Waals surface area contributed by atoms with Crippen molar-refractivity contribution in [2.45, 2.75) is 45.1 Å². The molecule has 0 spiro atoms. The molecule has 0 N–H and O–H groups in total. The number of benzene rings is 1. The molecule has 5 heteroatoms. The van der Waals surface area contributed by atoms with Crippen molar-refractivity contribution in [3.8, 4) is 0 Å². The average Bonchev–Trinajstić information content (AvgIpc) is 2.87. The van der Waals surface area contributed by atoms with Gasteiger partial charge in [0.2, 0.25) is 0 Å². The number of esters is 1. The molecule has 1 aromatic rings. The quantitative estimate of drug-likeness (QED) is 0.619. The van der Waals surface area contributed by atoms with Crippen LogP contribution in [0.4, 0.5) is 4.39 Å². The van der Waals surface area contributed by atoms with Gasteiger partial charge in [-0.3, -0.25) is 4.79 Å². The van der Waals surface area contributed by atoms with Crippen LogP contribution in [0.25, 0.3) is 6.08 Å². The Hall–Kier alpha value is -2.43. The molecule has 0 saturated heterocycles. The lowest BCUT2D eigenvalue weighted by Crippen LogP contribution is -2.37. The molecular formula is C20H22FNO3. The predicted molar refractivity (Wildman–Crippen MR) is 92.8 cm³/mol. The summed E-state index contributed by atoms with van der Waals surface area (Å²) in [5.74, 6) is -1.03. The third-order valence-corrected chi connectivity index (χ3v) is 4.95. The molecule has 0 atom stereocenters. The summed E-state index contributed by atoms with van der Waals surface area (Å²) in [6.45, 7) is 1.80. The normalized spacial score (nSPS) is 20.5. The standard InChI is InChI=1S/C20H22FNO3/c1-13-18(20(24)25-2)17(12-14-8-10-15(21)11-9-14)19(23)22(13)16-6-4-3-5-7-16/h8-12,16H,3-7H2,1-2H3/b17-12-. The highest BCUT2D eigenvalue weighted by Gasteiger charge is 2.40. The van der Waals surface area contributed by atoms with Gasteiger partial charge in [0.15, 0.2) is 0 Å². The second kappa shape index (κ2) is 7.21. The van der Waals surface area contributed by atoms with Crippen LogP contribution in [-0.4, -0.2) is 29.9 Å². The molecule has 1 aliphatic carbocycles. The topological polar surface area (TPSA) is 46.6 Å². The maximum atomic E-state index is 13.1. The molecule has 25 heavy (non-hydrogen) atoms. The van der Waals surface area contributed by atoms with Gasteiger partial charge in [-0.1, -0.05) is 31.4 Å². The van der Waals surface area contributed by atoms with Gasteiger partial charge in [0.1, 0.15) is 5.82 Å². The summed E-state index contributed by atoms with van der Waals surface area (Å²) in [5, 5.41) is 0. The van der Waals surface area contributed by atoms with Crippen LogP contribution in [0.3, 0.4) is 0 Å². The minimum Gasteiger partial charge on any atom is -0.465 e. The summed E-state index contributed by atoms with van der Waals surface area (Å²) in [6.07, 6.45) is 6.89. The zero-order valence-electron chi connectivity index (χ0n) is 14.5. The second-order valence-corrected chi connectivity index (χ2v) is 6.53. The Kier molecular flexibility index (Phi) is 5.02. The molecule has 0 bridgehead atoms. The van der Waals surface area contributed by atoms with E-state index < -0.39 is 5.97 Å². The Morgan fingerprint density at radius 3 is 2.44 bits per heavy atom. The van der Waals surface area contributed by atoms with Crippen LogP contribution in [0.1, 0.15) is 44.6 Å². The monoisotopic (exact) mass is 343 g/mol. The Morgan fingerprint density at radius 2 is 1.84 bits per heavy atom. The summed E-state index contributed by atoms with van der Waals surface area (Å²) in [4.78, 5) is 27.1. The molecule has 1 aliphatic heterocycles. The molecule has 132 valence electrons. The number of carbonyl (C=O) groups excluding carboxylic acids is 2. The molecule has 0 unspecified atom stereocenters. The molecule has 1 heterocycles. The van der Waals surface area contributed by atoms with Crippen molar-refractivity contribution in [2.24, 2.45) is 0 Å². The number of hydrogen-bond acceptors (Lipinski definition) is 3. The van der Waals surface area contributed by atoms with E-state index in [1.807, 2.05) is 0 Å². The molecule has 1 aromatic carbocycles. The van der Waals surface area contributed by atoms with Crippen LogP contribution in [0.2, 0.25) is 0 Å². The first kappa shape index (κ1) is 17.4. The number of allylic oxidation sites excluding steroid dienone is 1. The second-order valence-electron chi connectivity index (χ2n) is 6.53. The molecule has 1 saturated carbocycles. The lowest BCUT2D eigenvalue weighted by molar-refractivity contribution is -0.136. The molecule has 4 nitrogen and oxygen atoms in total. The minimum absolute atomic E-state index is 0.125. The summed E-state index contributed by atoms with van der Waals surface area (Å²) >= 11 is 0.